The van der Waals surface area contributed by atoms with Crippen LogP contribution in [-0.4, -0.2) is 12.7 Å². The molecular formula is C24H44O. The Bertz CT molecular complexity index is 332. The molecule has 146 valence electrons. The normalized spacial score (nSPS) is 30.8. The molecular weight excluding hydrogens is 304 g/mol. The van der Waals surface area contributed by atoms with Crippen LogP contribution in [0.2, 0.25) is 0 Å². The Morgan fingerprint density at radius 2 is 1.44 bits per heavy atom. The summed E-state index contributed by atoms with van der Waals surface area (Å²) in [6.45, 7) is 5.51. The van der Waals surface area contributed by atoms with Gasteiger partial charge in [-0.05, 0) is 82.0 Å². The standard InChI is InChI=1S/C24H44O/c1-3-5-7-9-11-21-12-14-22(15-13-21)23-16-18-24(19-17-23)25-20-10-8-6-4-2/h5,7,21-24H,3-4,6,8-20H2,1-2H3/b7-5+. The minimum Gasteiger partial charge on any atom is -0.378 e. The van der Waals surface area contributed by atoms with Gasteiger partial charge in [-0.25, -0.2) is 0 Å². The van der Waals surface area contributed by atoms with Crippen LogP contribution in [0.25, 0.3) is 0 Å². The number of rotatable bonds is 11. The lowest BCUT2D eigenvalue weighted by Gasteiger charge is -2.37. The molecule has 0 heterocycles. The summed E-state index contributed by atoms with van der Waals surface area (Å²) >= 11 is 0. The quantitative estimate of drug-likeness (QED) is 0.274. The molecule has 0 atom stereocenters. The fourth-order valence-electron chi connectivity index (χ4n) is 5.07. The smallest absolute Gasteiger partial charge is 0.0575 e. The Morgan fingerprint density at radius 3 is 2.08 bits per heavy atom. The first-order valence-corrected chi connectivity index (χ1v) is 11.6. The molecule has 0 N–H and O–H groups in total. The number of hydrogen-bond donors (Lipinski definition) is 0. The van der Waals surface area contributed by atoms with Gasteiger partial charge in [-0.1, -0.05) is 58.1 Å². The maximum absolute atomic E-state index is 6.14. The van der Waals surface area contributed by atoms with Crippen molar-refractivity contribution < 1.29 is 4.74 Å². The molecule has 1 nitrogen and oxygen atoms in total. The lowest BCUT2D eigenvalue weighted by molar-refractivity contribution is 0.00534. The molecule has 2 aliphatic carbocycles. The molecule has 2 rings (SSSR count). The van der Waals surface area contributed by atoms with Crippen molar-refractivity contribution in [1.82, 2.24) is 0 Å². The van der Waals surface area contributed by atoms with Crippen LogP contribution in [0.3, 0.4) is 0 Å². The molecule has 0 amide bonds. The summed E-state index contributed by atoms with van der Waals surface area (Å²) in [7, 11) is 0. The molecule has 1 heteroatoms. The Kier molecular flexibility index (Phi) is 10.9. The molecule has 0 unspecified atom stereocenters. The van der Waals surface area contributed by atoms with E-state index in [1.54, 1.807) is 0 Å². The summed E-state index contributed by atoms with van der Waals surface area (Å²) in [5, 5.41) is 0. The maximum Gasteiger partial charge on any atom is 0.0575 e. The highest BCUT2D eigenvalue weighted by atomic mass is 16.5. The minimum atomic E-state index is 0.583. The van der Waals surface area contributed by atoms with Gasteiger partial charge in [0.2, 0.25) is 0 Å². The number of unbranched alkanes of at least 4 members (excludes halogenated alkanes) is 3. The first kappa shape index (κ1) is 21.0. The van der Waals surface area contributed by atoms with Gasteiger partial charge in [-0.3, -0.25) is 0 Å². The van der Waals surface area contributed by atoms with E-state index in [4.69, 9.17) is 4.74 Å². The molecule has 0 radical (unpaired) electrons. The zero-order chi connectivity index (χ0) is 17.7. The summed E-state index contributed by atoms with van der Waals surface area (Å²) in [4.78, 5) is 0. The van der Waals surface area contributed by atoms with E-state index < -0.39 is 0 Å². The van der Waals surface area contributed by atoms with Crippen LogP contribution in [0.5, 0.6) is 0 Å². The lowest BCUT2D eigenvalue weighted by Crippen LogP contribution is -2.28. The molecule has 0 aromatic rings. The fourth-order valence-corrected chi connectivity index (χ4v) is 5.07. The van der Waals surface area contributed by atoms with Gasteiger partial charge in [0.15, 0.2) is 0 Å². The van der Waals surface area contributed by atoms with Crippen LogP contribution in [-0.2, 0) is 4.74 Å². The van der Waals surface area contributed by atoms with Crippen LogP contribution in [0.1, 0.15) is 110 Å². The Morgan fingerprint density at radius 1 is 0.760 bits per heavy atom. The fraction of sp³-hybridized carbons (Fsp3) is 0.917. The molecule has 2 aliphatic rings. The van der Waals surface area contributed by atoms with E-state index in [-0.39, 0.29) is 0 Å². The number of ether oxygens (including phenoxy) is 1. The van der Waals surface area contributed by atoms with Gasteiger partial charge in [-0.2, -0.15) is 0 Å². The third-order valence-corrected chi connectivity index (χ3v) is 6.77. The summed E-state index contributed by atoms with van der Waals surface area (Å²) < 4.78 is 6.14. The average Bonchev–Trinajstić information content (AvgIpc) is 2.66. The summed E-state index contributed by atoms with van der Waals surface area (Å²) in [6.07, 6.45) is 26.1. The van der Waals surface area contributed by atoms with E-state index in [1.807, 2.05) is 0 Å². The molecule has 0 aliphatic heterocycles. The van der Waals surface area contributed by atoms with Crippen molar-refractivity contribution in [2.45, 2.75) is 116 Å². The van der Waals surface area contributed by atoms with Crippen molar-refractivity contribution in [2.75, 3.05) is 6.61 Å². The highest BCUT2D eigenvalue weighted by Crippen LogP contribution is 2.41. The first-order valence-electron chi connectivity index (χ1n) is 11.6. The zero-order valence-corrected chi connectivity index (χ0v) is 17.2. The predicted molar refractivity (Wildman–Crippen MR) is 110 cm³/mol. The van der Waals surface area contributed by atoms with Crippen molar-refractivity contribution in [1.29, 1.82) is 0 Å². The van der Waals surface area contributed by atoms with Crippen LogP contribution in [0.15, 0.2) is 12.2 Å². The van der Waals surface area contributed by atoms with Crippen LogP contribution in [0.4, 0.5) is 0 Å². The van der Waals surface area contributed by atoms with Crippen molar-refractivity contribution in [3.05, 3.63) is 12.2 Å². The summed E-state index contributed by atoms with van der Waals surface area (Å²) in [5.74, 6) is 3.06. The van der Waals surface area contributed by atoms with E-state index >= 15 is 0 Å². The zero-order valence-electron chi connectivity index (χ0n) is 17.2. The number of allylic oxidation sites excluding steroid dienone is 2. The summed E-state index contributed by atoms with van der Waals surface area (Å²) in [5.41, 5.74) is 0. The average molecular weight is 349 g/mol. The third-order valence-electron chi connectivity index (χ3n) is 6.77. The third kappa shape index (κ3) is 8.29. The van der Waals surface area contributed by atoms with Crippen LogP contribution >= 0.6 is 0 Å². The predicted octanol–water partition coefficient (Wildman–Crippen LogP) is 7.69. The highest BCUT2D eigenvalue weighted by Gasteiger charge is 2.30. The van der Waals surface area contributed by atoms with E-state index in [9.17, 15) is 0 Å². The Balaban J connectivity index is 1.54. The van der Waals surface area contributed by atoms with Crippen molar-refractivity contribution in [2.24, 2.45) is 17.8 Å². The molecule has 25 heavy (non-hydrogen) atoms. The van der Waals surface area contributed by atoms with E-state index in [0.29, 0.717) is 6.10 Å². The maximum atomic E-state index is 6.14. The van der Waals surface area contributed by atoms with Crippen LogP contribution < -0.4 is 0 Å². The second-order valence-corrected chi connectivity index (χ2v) is 8.71. The molecule has 2 saturated carbocycles. The van der Waals surface area contributed by atoms with Gasteiger partial charge in [0.25, 0.3) is 0 Å². The molecule has 2 fully saturated rings. The van der Waals surface area contributed by atoms with Gasteiger partial charge in [0, 0.05) is 6.61 Å². The first-order chi connectivity index (χ1) is 12.3. The van der Waals surface area contributed by atoms with Crippen molar-refractivity contribution in [3.8, 4) is 0 Å². The monoisotopic (exact) mass is 348 g/mol. The molecule has 0 aromatic carbocycles. The number of hydrogen-bond acceptors (Lipinski definition) is 1. The largest absolute Gasteiger partial charge is 0.378 e. The topological polar surface area (TPSA) is 9.23 Å². The van der Waals surface area contributed by atoms with E-state index in [1.165, 1.54) is 96.3 Å². The van der Waals surface area contributed by atoms with Gasteiger partial charge in [-0.15, -0.1) is 0 Å². The Labute approximate surface area is 158 Å². The SMILES string of the molecule is CC/C=C/CCC1CCC(C2CCC(OCCCCCC)CC2)CC1. The van der Waals surface area contributed by atoms with Crippen molar-refractivity contribution >= 4 is 0 Å². The molecule has 0 bridgehead atoms. The molecule has 0 saturated heterocycles. The van der Waals surface area contributed by atoms with Crippen molar-refractivity contribution in [3.63, 3.8) is 0 Å². The van der Waals surface area contributed by atoms with Gasteiger partial charge in [0.05, 0.1) is 6.10 Å². The minimum absolute atomic E-state index is 0.583. The second kappa shape index (κ2) is 13.0. The van der Waals surface area contributed by atoms with E-state index in [2.05, 4.69) is 26.0 Å². The van der Waals surface area contributed by atoms with E-state index in [0.717, 1.165) is 24.4 Å². The second-order valence-electron chi connectivity index (χ2n) is 8.71. The van der Waals surface area contributed by atoms with Gasteiger partial charge < -0.3 is 4.74 Å². The lowest BCUT2D eigenvalue weighted by atomic mass is 9.70. The highest BCUT2D eigenvalue weighted by molar-refractivity contribution is 4.85. The Hall–Kier alpha value is -0.300. The van der Waals surface area contributed by atoms with Gasteiger partial charge >= 0.3 is 0 Å². The van der Waals surface area contributed by atoms with Gasteiger partial charge in [0.1, 0.15) is 0 Å². The molecule has 0 aromatic heterocycles. The summed E-state index contributed by atoms with van der Waals surface area (Å²) in [6, 6.07) is 0. The van der Waals surface area contributed by atoms with Crippen LogP contribution in [0, 0.1) is 17.8 Å². The molecule has 0 spiro atoms.